The number of benzene rings is 1. The average Bonchev–Trinajstić information content (AvgIpc) is 2.27. The topological polar surface area (TPSA) is 23.5 Å². The van der Waals surface area contributed by atoms with Gasteiger partial charge < -0.3 is 5.11 Å². The fraction of sp³-hybridized carbons (Fsp3) is 0.600. The van der Waals surface area contributed by atoms with Crippen LogP contribution in [0.4, 0.5) is 0 Å². The lowest BCUT2D eigenvalue weighted by atomic mass is 9.91. The summed E-state index contributed by atoms with van der Waals surface area (Å²) < 4.78 is 0. The number of likely N-dealkylation sites (N-methyl/N-ethyl adjacent to an activating group) is 1. The summed E-state index contributed by atoms with van der Waals surface area (Å²) in [6.45, 7) is 8.73. The summed E-state index contributed by atoms with van der Waals surface area (Å²) in [7, 11) is 2.03. The fourth-order valence-corrected chi connectivity index (χ4v) is 2.04. The molecule has 0 heterocycles. The maximum Gasteiger partial charge on any atom is 0.0768 e. The Hall–Kier alpha value is -0.570. The van der Waals surface area contributed by atoms with Crippen LogP contribution >= 0.6 is 11.6 Å². The van der Waals surface area contributed by atoms with Crippen molar-refractivity contribution in [1.29, 1.82) is 0 Å². The molecule has 0 bridgehead atoms. The van der Waals surface area contributed by atoms with Crippen LogP contribution in [0.25, 0.3) is 0 Å². The van der Waals surface area contributed by atoms with Gasteiger partial charge in [0.25, 0.3) is 0 Å². The first kappa shape index (κ1) is 15.5. The fourth-order valence-electron chi connectivity index (χ4n) is 1.85. The molecule has 0 saturated carbocycles. The van der Waals surface area contributed by atoms with Gasteiger partial charge in [-0.1, -0.05) is 37.6 Å². The van der Waals surface area contributed by atoms with E-state index in [2.05, 4.69) is 17.9 Å². The molecular weight excluding hydrogens is 246 g/mol. The Morgan fingerprint density at radius 2 is 1.94 bits per heavy atom. The van der Waals surface area contributed by atoms with Gasteiger partial charge in [0.2, 0.25) is 0 Å². The minimum Gasteiger partial charge on any atom is -0.389 e. The second-order valence-corrected chi connectivity index (χ2v) is 6.09. The van der Waals surface area contributed by atoms with Crippen molar-refractivity contribution in [3.05, 3.63) is 34.9 Å². The third-order valence-electron chi connectivity index (χ3n) is 3.81. The van der Waals surface area contributed by atoms with Gasteiger partial charge in [0, 0.05) is 17.6 Å². The van der Waals surface area contributed by atoms with Crippen molar-refractivity contribution in [2.75, 3.05) is 13.6 Å². The highest BCUT2D eigenvalue weighted by Crippen LogP contribution is 2.25. The van der Waals surface area contributed by atoms with E-state index in [1.165, 1.54) is 5.56 Å². The highest BCUT2D eigenvalue weighted by molar-refractivity contribution is 6.30. The second kappa shape index (κ2) is 6.05. The van der Waals surface area contributed by atoms with Gasteiger partial charge >= 0.3 is 0 Å². The largest absolute Gasteiger partial charge is 0.389 e. The first-order valence-corrected chi connectivity index (χ1v) is 6.80. The predicted molar refractivity (Wildman–Crippen MR) is 78.0 cm³/mol. The Labute approximate surface area is 116 Å². The minimum atomic E-state index is -0.679. The Morgan fingerprint density at radius 1 is 1.33 bits per heavy atom. The zero-order valence-corrected chi connectivity index (χ0v) is 12.7. The lowest BCUT2D eigenvalue weighted by Gasteiger charge is -2.35. The summed E-state index contributed by atoms with van der Waals surface area (Å²) in [6.07, 6.45) is 0. The van der Waals surface area contributed by atoms with Crippen LogP contribution in [-0.4, -0.2) is 29.2 Å². The highest BCUT2D eigenvalue weighted by atomic mass is 35.5. The molecule has 2 atom stereocenters. The summed E-state index contributed by atoms with van der Waals surface area (Å²) in [5.74, 6) is 0.228. The third kappa shape index (κ3) is 3.98. The van der Waals surface area contributed by atoms with Gasteiger partial charge in [0.1, 0.15) is 0 Å². The Morgan fingerprint density at radius 3 is 2.44 bits per heavy atom. The van der Waals surface area contributed by atoms with Crippen LogP contribution in [0, 0.1) is 5.92 Å². The summed E-state index contributed by atoms with van der Waals surface area (Å²) in [4.78, 5) is 2.16. The van der Waals surface area contributed by atoms with E-state index in [4.69, 9.17) is 11.6 Å². The molecule has 2 unspecified atom stereocenters. The summed E-state index contributed by atoms with van der Waals surface area (Å²) in [5.41, 5.74) is 0.492. The van der Waals surface area contributed by atoms with E-state index in [0.717, 1.165) is 5.02 Å². The van der Waals surface area contributed by atoms with Crippen LogP contribution in [0.15, 0.2) is 24.3 Å². The van der Waals surface area contributed by atoms with Crippen molar-refractivity contribution in [2.45, 2.75) is 39.3 Å². The molecule has 0 aliphatic carbocycles. The van der Waals surface area contributed by atoms with Gasteiger partial charge in [0.05, 0.1) is 5.60 Å². The number of nitrogens with zero attached hydrogens (tertiary/aromatic N) is 1. The van der Waals surface area contributed by atoms with Crippen molar-refractivity contribution >= 4 is 11.6 Å². The van der Waals surface area contributed by atoms with E-state index in [1.807, 2.05) is 46.0 Å². The van der Waals surface area contributed by atoms with Crippen molar-refractivity contribution < 1.29 is 5.11 Å². The molecule has 0 spiro atoms. The molecule has 2 nitrogen and oxygen atoms in total. The molecule has 1 aromatic carbocycles. The number of halogens is 1. The molecule has 1 N–H and O–H groups in total. The van der Waals surface area contributed by atoms with Gasteiger partial charge in [-0.2, -0.15) is 0 Å². The minimum absolute atomic E-state index is 0.228. The molecule has 0 aliphatic heterocycles. The van der Waals surface area contributed by atoms with E-state index < -0.39 is 5.60 Å². The quantitative estimate of drug-likeness (QED) is 0.880. The van der Waals surface area contributed by atoms with Crippen LogP contribution in [0.3, 0.4) is 0 Å². The maximum absolute atomic E-state index is 10.3. The standard InChI is InChI=1S/C15H24ClNO/c1-11(2)15(4,18)10-17(5)12(3)13-7-6-8-14(16)9-13/h6-9,11-12,18H,10H2,1-5H3. The smallest absolute Gasteiger partial charge is 0.0768 e. The van der Waals surface area contributed by atoms with Crippen LogP contribution < -0.4 is 0 Å². The average molecular weight is 270 g/mol. The molecule has 18 heavy (non-hydrogen) atoms. The van der Waals surface area contributed by atoms with Crippen LogP contribution in [0.1, 0.15) is 39.3 Å². The Bertz CT molecular complexity index is 390. The van der Waals surface area contributed by atoms with Gasteiger partial charge in [-0.15, -0.1) is 0 Å². The molecule has 0 aromatic heterocycles. The molecule has 0 aliphatic rings. The SMILES string of the molecule is CC(c1cccc(Cl)c1)N(C)CC(C)(O)C(C)C. The van der Waals surface area contributed by atoms with E-state index in [0.29, 0.717) is 6.54 Å². The highest BCUT2D eigenvalue weighted by Gasteiger charge is 2.28. The van der Waals surface area contributed by atoms with Crippen molar-refractivity contribution in [2.24, 2.45) is 5.92 Å². The van der Waals surface area contributed by atoms with Crippen molar-refractivity contribution in [1.82, 2.24) is 4.90 Å². The Kier molecular flexibility index (Phi) is 5.20. The molecular formula is C15H24ClNO. The monoisotopic (exact) mass is 269 g/mol. The van der Waals surface area contributed by atoms with E-state index in [9.17, 15) is 5.11 Å². The predicted octanol–water partition coefficient (Wildman–Crippen LogP) is 3.74. The molecule has 0 fully saturated rings. The van der Waals surface area contributed by atoms with Crippen molar-refractivity contribution in [3.63, 3.8) is 0 Å². The molecule has 102 valence electrons. The molecule has 0 radical (unpaired) electrons. The molecule has 1 aromatic rings. The number of hydrogen-bond acceptors (Lipinski definition) is 2. The van der Waals surface area contributed by atoms with Crippen LogP contribution in [0.5, 0.6) is 0 Å². The molecule has 0 saturated heterocycles. The Balaban J connectivity index is 2.76. The van der Waals surface area contributed by atoms with E-state index in [-0.39, 0.29) is 12.0 Å². The van der Waals surface area contributed by atoms with Gasteiger partial charge in [-0.05, 0) is 44.5 Å². The van der Waals surface area contributed by atoms with Gasteiger partial charge in [-0.25, -0.2) is 0 Å². The lowest BCUT2D eigenvalue weighted by Crippen LogP contribution is -2.43. The number of aliphatic hydroxyl groups is 1. The first-order valence-electron chi connectivity index (χ1n) is 6.42. The number of hydrogen-bond donors (Lipinski definition) is 1. The lowest BCUT2D eigenvalue weighted by molar-refractivity contribution is -0.0208. The normalized spacial score (nSPS) is 16.9. The van der Waals surface area contributed by atoms with Crippen LogP contribution in [-0.2, 0) is 0 Å². The zero-order valence-electron chi connectivity index (χ0n) is 11.9. The molecule has 1 rings (SSSR count). The summed E-state index contributed by atoms with van der Waals surface area (Å²) in [5, 5.41) is 11.1. The van der Waals surface area contributed by atoms with E-state index in [1.54, 1.807) is 0 Å². The zero-order chi connectivity index (χ0) is 13.9. The van der Waals surface area contributed by atoms with Gasteiger partial charge in [0.15, 0.2) is 0 Å². The number of rotatable bonds is 5. The molecule has 3 heteroatoms. The van der Waals surface area contributed by atoms with Crippen molar-refractivity contribution in [3.8, 4) is 0 Å². The van der Waals surface area contributed by atoms with Gasteiger partial charge in [-0.3, -0.25) is 4.90 Å². The van der Waals surface area contributed by atoms with Crippen LogP contribution in [0.2, 0.25) is 5.02 Å². The first-order chi connectivity index (χ1) is 8.24. The van der Waals surface area contributed by atoms with E-state index >= 15 is 0 Å². The summed E-state index contributed by atoms with van der Waals surface area (Å²) >= 11 is 6.01. The third-order valence-corrected chi connectivity index (χ3v) is 4.04. The summed E-state index contributed by atoms with van der Waals surface area (Å²) in [6, 6.07) is 8.11. The maximum atomic E-state index is 10.3. The molecule has 0 amide bonds. The second-order valence-electron chi connectivity index (χ2n) is 5.66.